The Morgan fingerprint density at radius 1 is 1.06 bits per heavy atom. The first-order valence-corrected chi connectivity index (χ1v) is 11.9. The van der Waals surface area contributed by atoms with Gasteiger partial charge in [-0.3, -0.25) is 9.69 Å². The smallest absolute Gasteiger partial charge is 0.248 e. The summed E-state index contributed by atoms with van der Waals surface area (Å²) >= 11 is 3.43. The Morgan fingerprint density at radius 3 is 2.50 bits per heavy atom. The van der Waals surface area contributed by atoms with Crippen molar-refractivity contribution >= 4 is 39.3 Å². The average molecular weight is 524 g/mol. The van der Waals surface area contributed by atoms with Gasteiger partial charge in [0.2, 0.25) is 5.91 Å². The Bertz CT molecular complexity index is 1160. The number of ether oxygens (including phenoxy) is 1. The van der Waals surface area contributed by atoms with E-state index in [1.165, 1.54) is 12.1 Å². The average Bonchev–Trinajstić information content (AvgIpc) is 2.85. The molecular formula is C27H27BrFN3O2. The molecule has 0 aliphatic carbocycles. The molecule has 1 aliphatic heterocycles. The van der Waals surface area contributed by atoms with Gasteiger partial charge in [0.05, 0.1) is 7.11 Å². The SMILES string of the molecule is COc1ccc(Br)cc1C=CC(=O)Nc1ccc(N2CCN(Cc3ccccc3F)CC2)cc1. The maximum Gasteiger partial charge on any atom is 0.248 e. The number of benzene rings is 3. The van der Waals surface area contributed by atoms with E-state index < -0.39 is 0 Å². The van der Waals surface area contributed by atoms with Crippen molar-refractivity contribution in [1.29, 1.82) is 0 Å². The van der Waals surface area contributed by atoms with Crippen LogP contribution in [-0.4, -0.2) is 44.1 Å². The van der Waals surface area contributed by atoms with Crippen molar-refractivity contribution in [2.45, 2.75) is 6.54 Å². The number of nitrogens with zero attached hydrogens (tertiary/aromatic N) is 2. The number of hydrogen-bond acceptors (Lipinski definition) is 4. The van der Waals surface area contributed by atoms with Crippen molar-refractivity contribution in [1.82, 2.24) is 4.90 Å². The molecule has 0 unspecified atom stereocenters. The Labute approximate surface area is 208 Å². The zero-order valence-corrected chi connectivity index (χ0v) is 20.6. The summed E-state index contributed by atoms with van der Waals surface area (Å²) in [6.45, 7) is 4.12. The van der Waals surface area contributed by atoms with Crippen LogP contribution in [0.3, 0.4) is 0 Å². The van der Waals surface area contributed by atoms with Crippen molar-refractivity contribution in [3.63, 3.8) is 0 Å². The highest BCUT2D eigenvalue weighted by atomic mass is 79.9. The van der Waals surface area contributed by atoms with Crippen LogP contribution in [0, 0.1) is 5.82 Å². The molecule has 34 heavy (non-hydrogen) atoms. The molecule has 1 aliphatic rings. The van der Waals surface area contributed by atoms with Crippen LogP contribution in [0.4, 0.5) is 15.8 Å². The quantitative estimate of drug-likeness (QED) is 0.411. The number of carbonyl (C=O) groups excluding carboxylic acids is 1. The summed E-state index contributed by atoms with van der Waals surface area (Å²) < 4.78 is 20.2. The molecule has 1 saturated heterocycles. The normalized spacial score (nSPS) is 14.4. The number of nitrogens with one attached hydrogen (secondary N) is 1. The summed E-state index contributed by atoms with van der Waals surface area (Å²) in [5, 5.41) is 2.89. The molecule has 1 heterocycles. The summed E-state index contributed by atoms with van der Waals surface area (Å²) in [5.41, 5.74) is 3.40. The standard InChI is InChI=1S/C27H27BrFN3O2/c1-34-26-12-7-22(28)18-20(26)6-13-27(33)30-23-8-10-24(11-9-23)32-16-14-31(15-17-32)19-21-4-2-3-5-25(21)29/h2-13,18H,14-17,19H2,1H3,(H,30,33). The minimum atomic E-state index is -0.212. The van der Waals surface area contributed by atoms with Gasteiger partial charge in [-0.05, 0) is 54.6 Å². The molecule has 0 saturated carbocycles. The molecule has 0 atom stereocenters. The van der Waals surface area contributed by atoms with Crippen molar-refractivity contribution in [2.75, 3.05) is 43.5 Å². The van der Waals surface area contributed by atoms with Crippen molar-refractivity contribution in [3.05, 3.63) is 94.2 Å². The van der Waals surface area contributed by atoms with E-state index in [4.69, 9.17) is 4.74 Å². The summed E-state index contributed by atoms with van der Waals surface area (Å²) in [4.78, 5) is 17.0. The molecule has 0 bridgehead atoms. The van der Waals surface area contributed by atoms with E-state index in [0.29, 0.717) is 12.3 Å². The Balaban J connectivity index is 1.29. The number of hydrogen-bond donors (Lipinski definition) is 1. The van der Waals surface area contributed by atoms with E-state index in [0.717, 1.165) is 53.2 Å². The molecule has 1 N–H and O–H groups in total. The van der Waals surface area contributed by atoms with Gasteiger partial charge in [0.15, 0.2) is 0 Å². The fourth-order valence-corrected chi connectivity index (χ4v) is 4.35. The summed E-state index contributed by atoms with van der Waals surface area (Å²) in [6.07, 6.45) is 3.22. The number of halogens is 2. The van der Waals surface area contributed by atoms with Gasteiger partial charge in [-0.25, -0.2) is 4.39 Å². The van der Waals surface area contributed by atoms with E-state index in [-0.39, 0.29) is 11.7 Å². The second kappa shape index (κ2) is 11.3. The van der Waals surface area contributed by atoms with Crippen LogP contribution in [0.25, 0.3) is 6.08 Å². The molecule has 7 heteroatoms. The predicted octanol–water partition coefficient (Wildman–Crippen LogP) is 5.57. The number of piperazine rings is 1. The largest absolute Gasteiger partial charge is 0.496 e. The topological polar surface area (TPSA) is 44.8 Å². The van der Waals surface area contributed by atoms with Gasteiger partial charge in [-0.1, -0.05) is 34.1 Å². The maximum atomic E-state index is 13.9. The third kappa shape index (κ3) is 6.24. The lowest BCUT2D eigenvalue weighted by Crippen LogP contribution is -2.46. The first-order valence-electron chi connectivity index (χ1n) is 11.2. The molecular weight excluding hydrogens is 497 g/mol. The van der Waals surface area contributed by atoms with Crippen LogP contribution >= 0.6 is 15.9 Å². The summed E-state index contributed by atoms with van der Waals surface area (Å²) in [6, 6.07) is 20.4. The lowest BCUT2D eigenvalue weighted by molar-refractivity contribution is -0.111. The van der Waals surface area contributed by atoms with E-state index in [2.05, 4.69) is 31.0 Å². The Morgan fingerprint density at radius 2 is 1.79 bits per heavy atom. The first kappa shape index (κ1) is 24.0. The van der Waals surface area contributed by atoms with Crippen LogP contribution in [-0.2, 0) is 11.3 Å². The molecule has 5 nitrogen and oxygen atoms in total. The molecule has 1 amide bonds. The van der Waals surface area contributed by atoms with Crippen LogP contribution in [0.1, 0.15) is 11.1 Å². The van der Waals surface area contributed by atoms with Crippen molar-refractivity contribution in [2.24, 2.45) is 0 Å². The number of carbonyl (C=O) groups is 1. The molecule has 176 valence electrons. The van der Waals surface area contributed by atoms with Crippen LogP contribution in [0.5, 0.6) is 5.75 Å². The van der Waals surface area contributed by atoms with Gasteiger partial charge in [-0.2, -0.15) is 0 Å². The Hall–Kier alpha value is -3.16. The lowest BCUT2D eigenvalue weighted by atomic mass is 10.1. The number of rotatable bonds is 7. The Kier molecular flexibility index (Phi) is 7.98. The molecule has 4 rings (SSSR count). The second-order valence-corrected chi connectivity index (χ2v) is 9.03. The van der Waals surface area contributed by atoms with Gasteiger partial charge in [0.1, 0.15) is 11.6 Å². The fourth-order valence-electron chi connectivity index (χ4n) is 3.97. The van der Waals surface area contributed by atoms with Gasteiger partial charge in [0.25, 0.3) is 0 Å². The van der Waals surface area contributed by atoms with Crippen molar-refractivity contribution < 1.29 is 13.9 Å². The first-order chi connectivity index (χ1) is 16.5. The van der Waals surface area contributed by atoms with Gasteiger partial charge < -0.3 is 15.0 Å². The third-order valence-corrected chi connectivity index (χ3v) is 6.32. The van der Waals surface area contributed by atoms with Crippen LogP contribution in [0.15, 0.2) is 77.3 Å². The molecule has 1 fully saturated rings. The summed E-state index contributed by atoms with van der Waals surface area (Å²) in [7, 11) is 1.60. The zero-order chi connectivity index (χ0) is 23.9. The van der Waals surface area contributed by atoms with Crippen molar-refractivity contribution in [3.8, 4) is 5.75 Å². The number of amides is 1. The number of anilines is 2. The highest BCUT2D eigenvalue weighted by Crippen LogP contribution is 2.24. The van der Waals surface area contributed by atoms with E-state index in [9.17, 15) is 9.18 Å². The second-order valence-electron chi connectivity index (χ2n) is 8.11. The van der Waals surface area contributed by atoms with Crippen LogP contribution in [0.2, 0.25) is 0 Å². The monoisotopic (exact) mass is 523 g/mol. The summed E-state index contributed by atoms with van der Waals surface area (Å²) in [5.74, 6) is 0.343. The van der Waals surface area contributed by atoms with E-state index in [1.807, 2.05) is 54.6 Å². The minimum Gasteiger partial charge on any atom is -0.496 e. The highest BCUT2D eigenvalue weighted by Gasteiger charge is 2.18. The molecule has 0 radical (unpaired) electrons. The molecule has 3 aromatic rings. The van der Waals surface area contributed by atoms with Crippen LogP contribution < -0.4 is 15.0 Å². The zero-order valence-electron chi connectivity index (χ0n) is 19.0. The number of methoxy groups -OCH3 is 1. The predicted molar refractivity (Wildman–Crippen MR) is 139 cm³/mol. The van der Waals surface area contributed by atoms with E-state index >= 15 is 0 Å². The van der Waals surface area contributed by atoms with Gasteiger partial charge in [0, 0.05) is 65.8 Å². The van der Waals surface area contributed by atoms with E-state index in [1.54, 1.807) is 19.3 Å². The van der Waals surface area contributed by atoms with Gasteiger partial charge >= 0.3 is 0 Å². The lowest BCUT2D eigenvalue weighted by Gasteiger charge is -2.36. The van der Waals surface area contributed by atoms with Gasteiger partial charge in [-0.15, -0.1) is 0 Å². The third-order valence-electron chi connectivity index (χ3n) is 5.83. The minimum absolute atomic E-state index is 0.145. The molecule has 0 spiro atoms. The molecule has 3 aromatic carbocycles. The fraction of sp³-hybridized carbons (Fsp3) is 0.222. The molecule has 0 aromatic heterocycles. The highest BCUT2D eigenvalue weighted by molar-refractivity contribution is 9.10. The maximum absolute atomic E-state index is 13.9.